The summed E-state index contributed by atoms with van der Waals surface area (Å²) in [5.74, 6) is -0.338. The number of esters is 2. The molecule has 2 aromatic heterocycles. The summed E-state index contributed by atoms with van der Waals surface area (Å²) >= 11 is 1.45. The molecule has 0 spiro atoms. The first-order chi connectivity index (χ1) is 11.9. The number of cyclic esters (lactones) is 1. The predicted octanol–water partition coefficient (Wildman–Crippen LogP) is 1.64. The first-order valence-corrected chi connectivity index (χ1v) is 9.28. The molecule has 0 radical (unpaired) electrons. The molecular formula is C16H20N4O4S. The molecule has 0 amide bonds. The molecule has 25 heavy (non-hydrogen) atoms. The highest BCUT2D eigenvalue weighted by Crippen LogP contribution is 2.20. The molecule has 3 heterocycles. The summed E-state index contributed by atoms with van der Waals surface area (Å²) in [7, 11) is 0. The van der Waals surface area contributed by atoms with E-state index >= 15 is 0 Å². The van der Waals surface area contributed by atoms with E-state index in [4.69, 9.17) is 9.47 Å². The smallest absolute Gasteiger partial charge is 0.347 e. The van der Waals surface area contributed by atoms with E-state index in [0.717, 1.165) is 17.0 Å². The Kier molecular flexibility index (Phi) is 4.94. The number of carbonyl (C=O) groups excluding carboxylic acids is 2. The molecule has 1 fully saturated rings. The van der Waals surface area contributed by atoms with Crippen LogP contribution in [-0.2, 0) is 25.5 Å². The largest absolute Gasteiger partial charge is 0.460 e. The highest BCUT2D eigenvalue weighted by molar-refractivity contribution is 7.98. The second-order valence-electron chi connectivity index (χ2n) is 6.03. The number of fused-ring (bicyclic) bond motifs is 1. The number of aryl methyl sites for hydroxylation is 2. The third-order valence-electron chi connectivity index (χ3n) is 4.19. The molecular weight excluding hydrogens is 344 g/mol. The standard InChI is InChI=1S/C16H20N4O4S/c1-8-7-12(14(22)23-8)24-13(21)6-5-11-9(2)17-15-18-16(25-4)19-20(15)10(11)3/h8,12H,5-7H2,1-4H3. The van der Waals surface area contributed by atoms with E-state index in [2.05, 4.69) is 15.1 Å². The highest BCUT2D eigenvalue weighted by Gasteiger charge is 2.34. The Morgan fingerprint density at radius 1 is 1.40 bits per heavy atom. The van der Waals surface area contributed by atoms with Crippen LogP contribution in [0.2, 0.25) is 0 Å². The quantitative estimate of drug-likeness (QED) is 0.584. The lowest BCUT2D eigenvalue weighted by Crippen LogP contribution is -2.23. The first kappa shape index (κ1) is 17.7. The van der Waals surface area contributed by atoms with Gasteiger partial charge in [0.15, 0.2) is 0 Å². The number of hydrogen-bond acceptors (Lipinski definition) is 8. The average Bonchev–Trinajstić information content (AvgIpc) is 3.10. The molecule has 0 aromatic carbocycles. The van der Waals surface area contributed by atoms with Crippen LogP contribution in [0, 0.1) is 13.8 Å². The number of nitrogens with zero attached hydrogens (tertiary/aromatic N) is 4. The van der Waals surface area contributed by atoms with Gasteiger partial charge in [0.1, 0.15) is 6.10 Å². The molecule has 0 aliphatic carbocycles. The van der Waals surface area contributed by atoms with Gasteiger partial charge in [0.25, 0.3) is 5.78 Å². The van der Waals surface area contributed by atoms with Crippen LogP contribution in [0.15, 0.2) is 5.16 Å². The van der Waals surface area contributed by atoms with Crippen LogP contribution in [0.4, 0.5) is 0 Å². The lowest BCUT2D eigenvalue weighted by atomic mass is 10.1. The van der Waals surface area contributed by atoms with Gasteiger partial charge in [-0.2, -0.15) is 4.98 Å². The van der Waals surface area contributed by atoms with Crippen LogP contribution >= 0.6 is 11.8 Å². The maximum atomic E-state index is 12.1. The van der Waals surface area contributed by atoms with Gasteiger partial charge >= 0.3 is 11.9 Å². The number of ether oxygens (including phenoxy) is 2. The Morgan fingerprint density at radius 3 is 2.80 bits per heavy atom. The van der Waals surface area contributed by atoms with Gasteiger partial charge in [0.2, 0.25) is 11.3 Å². The van der Waals surface area contributed by atoms with Crippen LogP contribution in [0.3, 0.4) is 0 Å². The zero-order valence-corrected chi connectivity index (χ0v) is 15.4. The summed E-state index contributed by atoms with van der Waals surface area (Å²) in [5.41, 5.74) is 2.65. The first-order valence-electron chi connectivity index (χ1n) is 8.06. The van der Waals surface area contributed by atoms with Gasteiger partial charge in [0.05, 0.1) is 0 Å². The number of aromatic nitrogens is 4. The molecule has 134 valence electrons. The van der Waals surface area contributed by atoms with Crippen molar-refractivity contribution in [1.29, 1.82) is 0 Å². The summed E-state index contributed by atoms with van der Waals surface area (Å²) < 4.78 is 11.9. The third kappa shape index (κ3) is 3.60. The SMILES string of the molecule is CSc1nc2nc(C)c(CCC(=O)OC3CC(C)OC3=O)c(C)n2n1. The monoisotopic (exact) mass is 364 g/mol. The summed E-state index contributed by atoms with van der Waals surface area (Å²) in [6.45, 7) is 5.59. The molecule has 0 N–H and O–H groups in total. The summed E-state index contributed by atoms with van der Waals surface area (Å²) in [6, 6.07) is 0. The number of hydrogen-bond donors (Lipinski definition) is 0. The maximum Gasteiger partial charge on any atom is 0.347 e. The molecule has 8 nitrogen and oxygen atoms in total. The minimum Gasteiger partial charge on any atom is -0.460 e. The van der Waals surface area contributed by atoms with Crippen molar-refractivity contribution < 1.29 is 19.1 Å². The second kappa shape index (κ2) is 6.99. The topological polar surface area (TPSA) is 95.7 Å². The van der Waals surface area contributed by atoms with Gasteiger partial charge in [-0.05, 0) is 39.0 Å². The fourth-order valence-corrected chi connectivity index (χ4v) is 3.24. The van der Waals surface area contributed by atoms with Crippen molar-refractivity contribution in [3.63, 3.8) is 0 Å². The van der Waals surface area contributed by atoms with Crippen molar-refractivity contribution in [3.05, 3.63) is 17.0 Å². The Balaban J connectivity index is 1.70. The zero-order chi connectivity index (χ0) is 18.1. The predicted molar refractivity (Wildman–Crippen MR) is 90.4 cm³/mol. The highest BCUT2D eigenvalue weighted by atomic mass is 32.2. The minimum absolute atomic E-state index is 0.164. The molecule has 2 aromatic rings. The van der Waals surface area contributed by atoms with Crippen molar-refractivity contribution in [2.75, 3.05) is 6.26 Å². The fraction of sp³-hybridized carbons (Fsp3) is 0.562. The number of thioether (sulfide) groups is 1. The maximum absolute atomic E-state index is 12.1. The fourth-order valence-electron chi connectivity index (χ4n) is 2.90. The Morgan fingerprint density at radius 2 is 2.16 bits per heavy atom. The van der Waals surface area contributed by atoms with Gasteiger partial charge in [-0.15, -0.1) is 5.10 Å². The molecule has 0 saturated carbocycles. The zero-order valence-electron chi connectivity index (χ0n) is 14.6. The van der Waals surface area contributed by atoms with Crippen molar-refractivity contribution in [2.24, 2.45) is 0 Å². The lowest BCUT2D eigenvalue weighted by Gasteiger charge is -2.11. The molecule has 2 atom stereocenters. The van der Waals surface area contributed by atoms with Crippen LogP contribution in [0.5, 0.6) is 0 Å². The molecule has 1 aliphatic heterocycles. The van der Waals surface area contributed by atoms with Gasteiger partial charge in [-0.1, -0.05) is 11.8 Å². The molecule has 1 aliphatic rings. The number of carbonyl (C=O) groups is 2. The summed E-state index contributed by atoms with van der Waals surface area (Å²) in [5, 5.41) is 5.04. The van der Waals surface area contributed by atoms with Crippen molar-refractivity contribution in [2.45, 2.75) is 57.4 Å². The van der Waals surface area contributed by atoms with Crippen LogP contribution in [0.1, 0.15) is 36.7 Å². The normalized spacial score (nSPS) is 20.1. The average molecular weight is 364 g/mol. The van der Waals surface area contributed by atoms with E-state index < -0.39 is 18.0 Å². The Hall–Kier alpha value is -2.16. The van der Waals surface area contributed by atoms with E-state index in [1.54, 1.807) is 11.4 Å². The Bertz CT molecular complexity index is 835. The molecule has 9 heteroatoms. The van der Waals surface area contributed by atoms with Crippen molar-refractivity contribution >= 4 is 29.5 Å². The summed E-state index contributed by atoms with van der Waals surface area (Å²) in [6.07, 6.45) is 1.95. The molecule has 0 bridgehead atoms. The van der Waals surface area contributed by atoms with Crippen LogP contribution in [-0.4, -0.2) is 50.0 Å². The van der Waals surface area contributed by atoms with Gasteiger partial charge < -0.3 is 9.47 Å². The van der Waals surface area contributed by atoms with Crippen molar-refractivity contribution in [3.8, 4) is 0 Å². The molecule has 2 unspecified atom stereocenters. The van der Waals surface area contributed by atoms with Gasteiger partial charge in [-0.25, -0.2) is 14.3 Å². The van der Waals surface area contributed by atoms with Gasteiger partial charge in [-0.3, -0.25) is 4.79 Å². The second-order valence-corrected chi connectivity index (χ2v) is 6.81. The minimum atomic E-state index is -0.787. The lowest BCUT2D eigenvalue weighted by molar-refractivity contribution is -0.160. The Labute approximate surface area is 149 Å². The molecule has 3 rings (SSSR count). The van der Waals surface area contributed by atoms with E-state index in [9.17, 15) is 9.59 Å². The van der Waals surface area contributed by atoms with E-state index in [1.165, 1.54) is 11.8 Å². The van der Waals surface area contributed by atoms with E-state index in [-0.39, 0.29) is 12.5 Å². The third-order valence-corrected chi connectivity index (χ3v) is 4.73. The number of rotatable bonds is 5. The summed E-state index contributed by atoms with van der Waals surface area (Å²) in [4.78, 5) is 32.4. The molecule has 1 saturated heterocycles. The van der Waals surface area contributed by atoms with Crippen molar-refractivity contribution in [1.82, 2.24) is 19.6 Å². The van der Waals surface area contributed by atoms with Crippen LogP contribution < -0.4 is 0 Å². The van der Waals surface area contributed by atoms with E-state index in [0.29, 0.717) is 23.8 Å². The van der Waals surface area contributed by atoms with Crippen LogP contribution in [0.25, 0.3) is 5.78 Å². The van der Waals surface area contributed by atoms with E-state index in [1.807, 2.05) is 20.1 Å². The van der Waals surface area contributed by atoms with Gasteiger partial charge in [0, 0.05) is 24.2 Å².